The van der Waals surface area contributed by atoms with E-state index in [4.69, 9.17) is 23.4 Å². The maximum atomic E-state index is 13.9. The Morgan fingerprint density at radius 3 is 2.45 bits per heavy atom. The first-order chi connectivity index (χ1) is 20.3. The number of fused-ring (bicyclic) bond motifs is 1. The molecule has 0 saturated carbocycles. The van der Waals surface area contributed by atoms with E-state index in [0.29, 0.717) is 49.2 Å². The Morgan fingerprint density at radius 1 is 1.02 bits per heavy atom. The number of aromatic nitrogens is 1. The van der Waals surface area contributed by atoms with Crippen molar-refractivity contribution in [3.63, 3.8) is 0 Å². The van der Waals surface area contributed by atoms with Gasteiger partial charge in [0.15, 0.2) is 4.80 Å². The molecular weight excluding hydrogens is 560 g/mol. The lowest BCUT2D eigenvalue weighted by atomic mass is 9.95. The molecule has 0 N–H and O–H groups in total. The monoisotopic (exact) mass is 588 g/mol. The average molecular weight is 589 g/mol. The summed E-state index contributed by atoms with van der Waals surface area (Å²) in [5.41, 5.74) is 2.10. The lowest BCUT2D eigenvalue weighted by Gasteiger charge is -2.26. The maximum Gasteiger partial charge on any atom is 0.338 e. The molecule has 2 aromatic carbocycles. The van der Waals surface area contributed by atoms with Gasteiger partial charge in [-0.15, -0.1) is 0 Å². The Hall–Kier alpha value is -4.90. The van der Waals surface area contributed by atoms with Crippen LogP contribution in [0.2, 0.25) is 0 Å². The minimum atomic E-state index is -0.844. The highest BCUT2D eigenvalue weighted by atomic mass is 32.1. The summed E-state index contributed by atoms with van der Waals surface area (Å²) in [7, 11) is 4.39. The summed E-state index contributed by atoms with van der Waals surface area (Å²) >= 11 is 1.18. The number of allylic oxidation sites excluding steroid dienone is 1. The van der Waals surface area contributed by atoms with Crippen molar-refractivity contribution in [3.05, 3.63) is 102 Å². The van der Waals surface area contributed by atoms with Gasteiger partial charge in [-0.1, -0.05) is 23.5 Å². The van der Waals surface area contributed by atoms with E-state index in [9.17, 15) is 14.4 Å². The molecule has 10 nitrogen and oxygen atoms in total. The zero-order chi connectivity index (χ0) is 30.0. The molecule has 11 heteroatoms. The van der Waals surface area contributed by atoms with E-state index in [-0.39, 0.29) is 17.7 Å². The number of hydrogen-bond acceptors (Lipinski definition) is 10. The van der Waals surface area contributed by atoms with E-state index in [1.54, 1.807) is 81.6 Å². The largest absolute Gasteiger partial charge is 0.497 e. The lowest BCUT2D eigenvalue weighted by Crippen LogP contribution is -2.40. The van der Waals surface area contributed by atoms with Crippen molar-refractivity contribution >= 4 is 29.4 Å². The van der Waals surface area contributed by atoms with Crippen LogP contribution in [0.5, 0.6) is 11.5 Å². The Balaban J connectivity index is 1.61. The summed E-state index contributed by atoms with van der Waals surface area (Å²) in [6.45, 7) is 3.60. The first-order valence-electron chi connectivity index (χ1n) is 13.0. The zero-order valence-electron chi connectivity index (χ0n) is 23.6. The number of hydrogen-bond donors (Lipinski definition) is 0. The van der Waals surface area contributed by atoms with Crippen molar-refractivity contribution in [1.82, 2.24) is 4.57 Å². The molecule has 0 radical (unpaired) electrons. The quantitative estimate of drug-likeness (QED) is 0.285. The molecule has 0 amide bonds. The number of esters is 2. The van der Waals surface area contributed by atoms with Crippen molar-refractivity contribution in [2.45, 2.75) is 19.9 Å². The van der Waals surface area contributed by atoms with E-state index in [1.165, 1.54) is 30.1 Å². The maximum absolute atomic E-state index is 13.9. The van der Waals surface area contributed by atoms with E-state index in [2.05, 4.69) is 4.99 Å². The van der Waals surface area contributed by atoms with Gasteiger partial charge in [0, 0.05) is 23.3 Å². The molecule has 0 spiro atoms. The summed E-state index contributed by atoms with van der Waals surface area (Å²) in [4.78, 5) is 43.9. The van der Waals surface area contributed by atoms with Gasteiger partial charge in [-0.3, -0.25) is 9.36 Å². The van der Waals surface area contributed by atoms with Crippen LogP contribution in [0.4, 0.5) is 0 Å². The Bertz CT molecular complexity index is 1880. The SMILES string of the molecule is CCOC(=O)C1=C(C)N=c2s/c(=C\c3ccc(-c4ccc(C(=O)OC)cc4)o3)c(=O)n2[C@@H]1c1ccc(OC)cc1OC. The van der Waals surface area contributed by atoms with Gasteiger partial charge in [0.25, 0.3) is 5.56 Å². The smallest absolute Gasteiger partial charge is 0.338 e. The number of nitrogens with zero attached hydrogens (tertiary/aromatic N) is 2. The zero-order valence-corrected chi connectivity index (χ0v) is 24.4. The highest BCUT2D eigenvalue weighted by Gasteiger charge is 2.35. The molecule has 0 fully saturated rings. The number of carbonyl (C=O) groups is 2. The standard InChI is InChI=1S/C31H28N2O8S/c1-6-40-30(36)26-17(2)32-31-33(27(26)22-13-11-20(37-3)15-24(22)38-4)28(34)25(42-31)16-21-12-14-23(41-21)18-7-9-19(10-8-18)29(35)39-5/h7-16,27H,6H2,1-5H3/b25-16-/t27-/m1/s1. The van der Waals surface area contributed by atoms with Gasteiger partial charge in [-0.05, 0) is 50.2 Å². The summed E-state index contributed by atoms with van der Waals surface area (Å²) in [6, 6.07) is 14.7. The molecular formula is C31H28N2O8S. The van der Waals surface area contributed by atoms with Gasteiger partial charge in [0.05, 0.1) is 49.3 Å². The molecule has 0 bridgehead atoms. The Morgan fingerprint density at radius 2 is 1.79 bits per heavy atom. The van der Waals surface area contributed by atoms with Gasteiger partial charge in [-0.2, -0.15) is 0 Å². The number of carbonyl (C=O) groups excluding carboxylic acids is 2. The highest BCUT2D eigenvalue weighted by Crippen LogP contribution is 2.37. The van der Waals surface area contributed by atoms with E-state index >= 15 is 0 Å². The molecule has 1 aliphatic rings. The second kappa shape index (κ2) is 11.9. The van der Waals surface area contributed by atoms with Gasteiger partial charge < -0.3 is 23.4 Å². The van der Waals surface area contributed by atoms with Crippen molar-refractivity contribution in [3.8, 4) is 22.8 Å². The lowest BCUT2D eigenvalue weighted by molar-refractivity contribution is -0.139. The van der Waals surface area contributed by atoms with Crippen molar-refractivity contribution in [2.24, 2.45) is 4.99 Å². The van der Waals surface area contributed by atoms with Gasteiger partial charge in [0.1, 0.15) is 29.1 Å². The number of methoxy groups -OCH3 is 3. The van der Waals surface area contributed by atoms with Crippen LogP contribution in [0, 0.1) is 0 Å². The topological polar surface area (TPSA) is 119 Å². The van der Waals surface area contributed by atoms with Crippen LogP contribution in [0.25, 0.3) is 17.4 Å². The first kappa shape index (κ1) is 28.6. The molecule has 4 aromatic rings. The van der Waals surface area contributed by atoms with E-state index in [0.717, 1.165) is 5.56 Å². The second-order valence-corrected chi connectivity index (χ2v) is 10.2. The Labute approximate surface area is 244 Å². The summed E-state index contributed by atoms with van der Waals surface area (Å²) in [5.74, 6) is 1.03. The molecule has 0 aliphatic carbocycles. The van der Waals surface area contributed by atoms with Crippen LogP contribution in [-0.2, 0) is 14.3 Å². The molecule has 216 valence electrons. The predicted octanol–water partition coefficient (Wildman–Crippen LogP) is 3.86. The fourth-order valence-corrected chi connectivity index (χ4v) is 5.76. The first-order valence-corrected chi connectivity index (χ1v) is 13.8. The highest BCUT2D eigenvalue weighted by molar-refractivity contribution is 7.07. The third-order valence-electron chi connectivity index (χ3n) is 6.74. The minimum absolute atomic E-state index is 0.165. The summed E-state index contributed by atoms with van der Waals surface area (Å²) in [6.07, 6.45) is 1.64. The van der Waals surface area contributed by atoms with Crippen LogP contribution in [0.1, 0.15) is 41.6 Å². The van der Waals surface area contributed by atoms with Crippen molar-refractivity contribution < 1.29 is 33.0 Å². The number of ether oxygens (including phenoxy) is 4. The molecule has 2 aromatic heterocycles. The van der Waals surface area contributed by atoms with Crippen LogP contribution in [0.3, 0.4) is 0 Å². The van der Waals surface area contributed by atoms with Crippen LogP contribution in [-0.4, -0.2) is 44.4 Å². The average Bonchev–Trinajstić information content (AvgIpc) is 3.59. The molecule has 1 aliphatic heterocycles. The fourth-order valence-electron chi connectivity index (χ4n) is 4.73. The molecule has 3 heterocycles. The van der Waals surface area contributed by atoms with Gasteiger partial charge in [-0.25, -0.2) is 14.6 Å². The predicted molar refractivity (Wildman–Crippen MR) is 155 cm³/mol. The van der Waals surface area contributed by atoms with Gasteiger partial charge >= 0.3 is 11.9 Å². The van der Waals surface area contributed by atoms with E-state index in [1.807, 2.05) is 0 Å². The minimum Gasteiger partial charge on any atom is -0.497 e. The number of furan rings is 1. The van der Waals surface area contributed by atoms with Crippen LogP contribution in [0.15, 0.2) is 80.1 Å². The van der Waals surface area contributed by atoms with Crippen molar-refractivity contribution in [2.75, 3.05) is 27.9 Å². The molecule has 5 rings (SSSR count). The Kier molecular flexibility index (Phi) is 8.12. The third kappa shape index (κ3) is 5.26. The third-order valence-corrected chi connectivity index (χ3v) is 7.73. The molecule has 0 unspecified atom stereocenters. The number of benzene rings is 2. The number of rotatable bonds is 8. The van der Waals surface area contributed by atoms with Crippen LogP contribution >= 0.6 is 11.3 Å². The fraction of sp³-hybridized carbons (Fsp3) is 0.226. The summed E-state index contributed by atoms with van der Waals surface area (Å²) < 4.78 is 29.0. The summed E-state index contributed by atoms with van der Waals surface area (Å²) in [5, 5.41) is 0. The van der Waals surface area contributed by atoms with Gasteiger partial charge in [0.2, 0.25) is 0 Å². The van der Waals surface area contributed by atoms with Crippen molar-refractivity contribution in [1.29, 1.82) is 0 Å². The normalized spacial score (nSPS) is 14.7. The second-order valence-electron chi connectivity index (χ2n) is 9.18. The van der Waals surface area contributed by atoms with Crippen LogP contribution < -0.4 is 24.4 Å². The number of thiazole rings is 1. The molecule has 42 heavy (non-hydrogen) atoms. The molecule has 0 saturated heterocycles. The molecule has 1 atom stereocenters. The van der Waals surface area contributed by atoms with E-state index < -0.39 is 18.0 Å².